The molecule has 1 atom stereocenters. The van der Waals surface area contributed by atoms with Gasteiger partial charge in [-0.25, -0.2) is 8.42 Å². The average Bonchev–Trinajstić information content (AvgIpc) is 2.73. The largest absolute Gasteiger partial charge is 0.369 e. The number of piperazine rings is 1. The third-order valence-electron chi connectivity index (χ3n) is 5.07. The Morgan fingerprint density at radius 1 is 1.00 bits per heavy atom. The average molecular weight is 417 g/mol. The van der Waals surface area contributed by atoms with Crippen LogP contribution in [0.15, 0.2) is 59.5 Å². The number of nitrogens with one attached hydrogen (secondary N) is 2. The minimum atomic E-state index is -3.74. The number of carbonyl (C=O) groups excluding carboxylic acids is 1. The Balaban J connectivity index is 1.61. The fourth-order valence-electron chi connectivity index (χ4n) is 3.31. The normalized spacial score (nSPS) is 16.4. The molecule has 156 valence electrons. The van der Waals surface area contributed by atoms with E-state index in [4.69, 9.17) is 0 Å². The monoisotopic (exact) mass is 416 g/mol. The van der Waals surface area contributed by atoms with E-state index in [1.165, 1.54) is 12.1 Å². The lowest BCUT2D eigenvalue weighted by Crippen LogP contribution is -2.46. The number of rotatable bonds is 7. The summed E-state index contributed by atoms with van der Waals surface area (Å²) in [4.78, 5) is 17.3. The van der Waals surface area contributed by atoms with E-state index >= 15 is 0 Å². The van der Waals surface area contributed by atoms with Crippen LogP contribution in [0.25, 0.3) is 0 Å². The molecule has 1 aliphatic heterocycles. The number of hydrogen-bond donors (Lipinski definition) is 2. The molecule has 0 radical (unpaired) electrons. The summed E-state index contributed by atoms with van der Waals surface area (Å²) < 4.78 is 27.2. The van der Waals surface area contributed by atoms with Gasteiger partial charge in [0.15, 0.2) is 0 Å². The van der Waals surface area contributed by atoms with E-state index in [0.717, 1.165) is 37.4 Å². The van der Waals surface area contributed by atoms with E-state index in [9.17, 15) is 13.2 Å². The summed E-state index contributed by atoms with van der Waals surface area (Å²) in [6.07, 6.45) is 0. The van der Waals surface area contributed by atoms with Gasteiger partial charge in [-0.2, -0.15) is 4.72 Å². The molecule has 1 heterocycles. The minimum absolute atomic E-state index is 0.139. The van der Waals surface area contributed by atoms with Crippen molar-refractivity contribution < 1.29 is 13.2 Å². The molecule has 0 spiro atoms. The molecular weight excluding hydrogens is 388 g/mol. The number of benzene rings is 2. The number of anilines is 1. The van der Waals surface area contributed by atoms with E-state index in [-0.39, 0.29) is 10.8 Å². The van der Waals surface area contributed by atoms with Gasteiger partial charge in [0.1, 0.15) is 0 Å². The second-order valence-electron chi connectivity index (χ2n) is 7.29. The van der Waals surface area contributed by atoms with Crippen LogP contribution in [0.5, 0.6) is 0 Å². The van der Waals surface area contributed by atoms with Crippen LogP contribution in [-0.2, 0) is 21.4 Å². The number of nitrogens with zero attached hydrogens (tertiary/aromatic N) is 2. The Morgan fingerprint density at radius 2 is 1.62 bits per heavy atom. The van der Waals surface area contributed by atoms with Gasteiger partial charge in [0.25, 0.3) is 0 Å². The minimum Gasteiger partial charge on any atom is -0.369 e. The molecule has 0 aliphatic carbocycles. The molecule has 2 aromatic carbocycles. The zero-order valence-corrected chi connectivity index (χ0v) is 17.7. The van der Waals surface area contributed by atoms with Gasteiger partial charge in [0, 0.05) is 38.4 Å². The molecule has 2 aromatic rings. The fraction of sp³-hybridized carbons (Fsp3) is 0.381. The Bertz CT molecular complexity index is 926. The van der Waals surface area contributed by atoms with Crippen molar-refractivity contribution in [2.75, 3.05) is 38.1 Å². The smallest absolute Gasteiger partial charge is 0.241 e. The molecule has 0 bridgehead atoms. The molecule has 1 amide bonds. The highest BCUT2D eigenvalue weighted by Gasteiger charge is 2.22. The van der Waals surface area contributed by atoms with E-state index < -0.39 is 16.1 Å². The van der Waals surface area contributed by atoms with Crippen LogP contribution < -0.4 is 14.9 Å². The number of hydrogen-bond acceptors (Lipinski definition) is 5. The number of para-hydroxylation sites is 1. The van der Waals surface area contributed by atoms with Crippen molar-refractivity contribution >= 4 is 21.6 Å². The zero-order valence-electron chi connectivity index (χ0n) is 16.8. The van der Waals surface area contributed by atoms with Gasteiger partial charge in [-0.15, -0.1) is 0 Å². The van der Waals surface area contributed by atoms with Crippen molar-refractivity contribution in [2.45, 2.75) is 24.4 Å². The molecule has 3 rings (SSSR count). The highest BCUT2D eigenvalue weighted by Crippen LogP contribution is 2.21. The Hall–Kier alpha value is -2.42. The van der Waals surface area contributed by atoms with Gasteiger partial charge >= 0.3 is 0 Å². The predicted octanol–water partition coefficient (Wildman–Crippen LogP) is 1.42. The maximum Gasteiger partial charge on any atom is 0.241 e. The van der Waals surface area contributed by atoms with Crippen LogP contribution >= 0.6 is 0 Å². The number of likely N-dealkylation sites (N-methyl/N-ethyl adjacent to an activating group) is 1. The second kappa shape index (κ2) is 9.39. The highest BCUT2D eigenvalue weighted by molar-refractivity contribution is 7.89. The summed E-state index contributed by atoms with van der Waals surface area (Å²) in [6.45, 7) is 5.77. The predicted molar refractivity (Wildman–Crippen MR) is 114 cm³/mol. The zero-order chi connectivity index (χ0) is 20.9. The molecule has 0 unspecified atom stereocenters. The van der Waals surface area contributed by atoms with Crippen LogP contribution in [0, 0.1) is 0 Å². The summed E-state index contributed by atoms with van der Waals surface area (Å²) in [7, 11) is -1.63. The number of amides is 1. The number of carbonyl (C=O) groups is 1. The third kappa shape index (κ3) is 5.56. The van der Waals surface area contributed by atoms with Crippen LogP contribution in [0.4, 0.5) is 5.69 Å². The van der Waals surface area contributed by atoms with E-state index in [0.29, 0.717) is 6.54 Å². The summed E-state index contributed by atoms with van der Waals surface area (Å²) in [5.74, 6) is -0.363. The summed E-state index contributed by atoms with van der Waals surface area (Å²) in [6, 6.07) is 15.2. The van der Waals surface area contributed by atoms with Gasteiger partial charge in [-0.1, -0.05) is 36.4 Å². The van der Waals surface area contributed by atoms with Crippen molar-refractivity contribution in [3.63, 3.8) is 0 Å². The molecule has 0 aromatic heterocycles. The van der Waals surface area contributed by atoms with Gasteiger partial charge < -0.3 is 15.1 Å². The number of sulfonamides is 1. The molecule has 1 saturated heterocycles. The van der Waals surface area contributed by atoms with Crippen molar-refractivity contribution in [1.82, 2.24) is 14.9 Å². The lowest BCUT2D eigenvalue weighted by Gasteiger charge is -2.35. The van der Waals surface area contributed by atoms with Crippen molar-refractivity contribution in [3.8, 4) is 0 Å². The SMILES string of the molecule is C[C@H](NS(=O)(=O)c1ccccc1)C(=O)NCc1ccccc1N1CCN(C)CC1. The van der Waals surface area contributed by atoms with Crippen LogP contribution in [0.1, 0.15) is 12.5 Å². The molecule has 1 fully saturated rings. The Morgan fingerprint density at radius 3 is 2.31 bits per heavy atom. The van der Waals surface area contributed by atoms with Crippen molar-refractivity contribution in [1.29, 1.82) is 0 Å². The topological polar surface area (TPSA) is 81.7 Å². The summed E-state index contributed by atoms with van der Waals surface area (Å²) >= 11 is 0. The highest BCUT2D eigenvalue weighted by atomic mass is 32.2. The van der Waals surface area contributed by atoms with Gasteiger partial charge in [-0.05, 0) is 37.7 Å². The van der Waals surface area contributed by atoms with E-state index in [2.05, 4.69) is 33.0 Å². The maximum absolute atomic E-state index is 12.5. The first-order chi connectivity index (χ1) is 13.9. The fourth-order valence-corrected chi connectivity index (χ4v) is 4.53. The quantitative estimate of drug-likeness (QED) is 0.714. The molecule has 7 nitrogen and oxygen atoms in total. The first-order valence-electron chi connectivity index (χ1n) is 9.73. The summed E-state index contributed by atoms with van der Waals surface area (Å²) in [5.41, 5.74) is 2.13. The molecule has 1 aliphatic rings. The molecule has 0 saturated carbocycles. The maximum atomic E-state index is 12.5. The first-order valence-corrected chi connectivity index (χ1v) is 11.2. The molecular formula is C21H28N4O3S. The van der Waals surface area contributed by atoms with Crippen LogP contribution in [0.3, 0.4) is 0 Å². The molecule has 29 heavy (non-hydrogen) atoms. The third-order valence-corrected chi connectivity index (χ3v) is 6.62. The standard InChI is InChI=1S/C21H28N4O3S/c1-17(23-29(27,28)19-9-4-3-5-10-19)21(26)22-16-18-8-6-7-11-20(18)25-14-12-24(2)13-15-25/h3-11,17,23H,12-16H2,1-2H3,(H,22,26)/t17-/m0/s1. The Kier molecular flexibility index (Phi) is 6.89. The van der Waals surface area contributed by atoms with E-state index in [1.807, 2.05) is 18.2 Å². The van der Waals surface area contributed by atoms with Gasteiger partial charge in [-0.3, -0.25) is 4.79 Å². The first kappa shape index (κ1) is 21.3. The van der Waals surface area contributed by atoms with Crippen LogP contribution in [0.2, 0.25) is 0 Å². The van der Waals surface area contributed by atoms with Gasteiger partial charge in [0.05, 0.1) is 10.9 Å². The lowest BCUT2D eigenvalue weighted by atomic mass is 10.1. The van der Waals surface area contributed by atoms with Crippen LogP contribution in [-0.4, -0.2) is 58.5 Å². The second-order valence-corrected chi connectivity index (χ2v) is 9.01. The van der Waals surface area contributed by atoms with Gasteiger partial charge in [0.2, 0.25) is 15.9 Å². The lowest BCUT2D eigenvalue weighted by molar-refractivity contribution is -0.122. The molecule has 2 N–H and O–H groups in total. The summed E-state index contributed by atoms with van der Waals surface area (Å²) in [5, 5.41) is 2.86. The molecule has 8 heteroatoms. The van der Waals surface area contributed by atoms with Crippen molar-refractivity contribution in [2.24, 2.45) is 0 Å². The van der Waals surface area contributed by atoms with E-state index in [1.54, 1.807) is 25.1 Å². The van der Waals surface area contributed by atoms with Crippen molar-refractivity contribution in [3.05, 3.63) is 60.2 Å². The Labute approximate surface area is 172 Å².